The summed E-state index contributed by atoms with van der Waals surface area (Å²) < 4.78 is 0. The van der Waals surface area contributed by atoms with Gasteiger partial charge in [-0.3, -0.25) is 0 Å². The molecule has 0 saturated heterocycles. The maximum Gasteiger partial charge on any atom is 0.0731 e. The quantitative estimate of drug-likeness (QED) is 0.484. The molecule has 0 aliphatic rings. The summed E-state index contributed by atoms with van der Waals surface area (Å²) in [5.74, 6) is 0. The number of rotatable bonds is 7. The minimum absolute atomic E-state index is 0.0587. The molecule has 0 spiro atoms. The Kier molecular flexibility index (Phi) is 5.81. The first kappa shape index (κ1) is 12.9. The molecule has 0 fully saturated rings. The van der Waals surface area contributed by atoms with Crippen molar-refractivity contribution >= 4 is 5.69 Å². The highest BCUT2D eigenvalue weighted by Crippen LogP contribution is 2.15. The third kappa shape index (κ3) is 3.79. The van der Waals surface area contributed by atoms with Gasteiger partial charge in [0, 0.05) is 13.1 Å². The topological polar surface area (TPSA) is 67.8 Å². The van der Waals surface area contributed by atoms with Crippen molar-refractivity contribution in [2.75, 3.05) is 31.4 Å². The monoisotopic (exact) mass is 225 g/mol. The number of aliphatic hydroxyl groups is 2. The Bertz CT molecular complexity index is 299. The van der Waals surface area contributed by atoms with Crippen LogP contribution in [-0.2, 0) is 0 Å². The molecular formula is C11H19N3O2. The number of hydrogen-bond donors (Lipinski definition) is 4. The number of nitrogens with zero attached hydrogens (tertiary/aromatic N) is 1. The van der Waals surface area contributed by atoms with Gasteiger partial charge in [0.25, 0.3) is 0 Å². The molecule has 5 nitrogen and oxygen atoms in total. The van der Waals surface area contributed by atoms with E-state index in [0.29, 0.717) is 13.1 Å². The van der Waals surface area contributed by atoms with Crippen LogP contribution in [-0.4, -0.2) is 36.5 Å². The minimum atomic E-state index is 0.0587. The van der Waals surface area contributed by atoms with Crippen LogP contribution in [0.3, 0.4) is 0 Å². The van der Waals surface area contributed by atoms with E-state index >= 15 is 0 Å². The van der Waals surface area contributed by atoms with Crippen LogP contribution in [0.5, 0.6) is 0 Å². The molecule has 0 aromatic heterocycles. The van der Waals surface area contributed by atoms with Gasteiger partial charge in [-0.15, -0.1) is 0 Å². The number of para-hydroxylation sites is 1. The van der Waals surface area contributed by atoms with Crippen molar-refractivity contribution in [3.63, 3.8) is 0 Å². The van der Waals surface area contributed by atoms with E-state index in [2.05, 4.69) is 10.9 Å². The number of aryl methyl sites for hydroxylation is 1. The highest BCUT2D eigenvalue weighted by atomic mass is 16.3. The second-order valence-electron chi connectivity index (χ2n) is 3.39. The smallest absolute Gasteiger partial charge is 0.0731 e. The molecule has 1 aromatic rings. The molecule has 1 aromatic carbocycles. The van der Waals surface area contributed by atoms with Gasteiger partial charge in [0.1, 0.15) is 0 Å². The summed E-state index contributed by atoms with van der Waals surface area (Å²) in [5, 5.41) is 19.3. The number of nitrogens with one attached hydrogen (secondary N) is 2. The molecule has 1 rings (SSSR count). The van der Waals surface area contributed by atoms with E-state index in [9.17, 15) is 0 Å². The molecule has 5 heteroatoms. The summed E-state index contributed by atoms with van der Waals surface area (Å²) in [6.07, 6.45) is 0. The summed E-state index contributed by atoms with van der Waals surface area (Å²) in [6, 6.07) is 7.87. The van der Waals surface area contributed by atoms with Crippen LogP contribution in [0.1, 0.15) is 5.56 Å². The van der Waals surface area contributed by atoms with Gasteiger partial charge in [0.15, 0.2) is 0 Å². The number of benzene rings is 1. The summed E-state index contributed by atoms with van der Waals surface area (Å²) in [5.41, 5.74) is 8.13. The zero-order valence-electron chi connectivity index (χ0n) is 9.48. The Labute approximate surface area is 95.6 Å². The van der Waals surface area contributed by atoms with Crippen LogP contribution in [0.25, 0.3) is 0 Å². The first-order valence-electron chi connectivity index (χ1n) is 5.34. The number of anilines is 1. The fourth-order valence-corrected chi connectivity index (χ4v) is 1.36. The molecule has 0 aliphatic carbocycles. The third-order valence-corrected chi connectivity index (χ3v) is 2.12. The summed E-state index contributed by atoms with van der Waals surface area (Å²) in [4.78, 5) is 0. The van der Waals surface area contributed by atoms with E-state index in [1.54, 1.807) is 5.12 Å². The van der Waals surface area contributed by atoms with Gasteiger partial charge in [0.2, 0.25) is 0 Å². The Hall–Kier alpha value is -1.14. The van der Waals surface area contributed by atoms with E-state index in [4.69, 9.17) is 10.2 Å². The van der Waals surface area contributed by atoms with Gasteiger partial charge in [-0.05, 0) is 18.6 Å². The van der Waals surface area contributed by atoms with Gasteiger partial charge < -0.3 is 10.2 Å². The van der Waals surface area contributed by atoms with E-state index in [1.165, 1.54) is 0 Å². The summed E-state index contributed by atoms with van der Waals surface area (Å²) in [7, 11) is 0. The standard InChI is InChI=1S/C11H19N3O2/c1-10-4-2-3-5-11(10)14(12-6-8-15)13-7-9-16/h2-5,12-13,15-16H,6-9H2,1H3. The number of aliphatic hydroxyl groups excluding tert-OH is 2. The molecule has 0 atom stereocenters. The molecular weight excluding hydrogens is 206 g/mol. The largest absolute Gasteiger partial charge is 0.395 e. The molecule has 0 radical (unpaired) electrons. The first-order valence-corrected chi connectivity index (χ1v) is 5.34. The SMILES string of the molecule is Cc1ccccc1N(NCCO)NCCO. The molecule has 0 unspecified atom stereocenters. The lowest BCUT2D eigenvalue weighted by Crippen LogP contribution is -2.50. The Balaban J connectivity index is 2.70. The van der Waals surface area contributed by atoms with Gasteiger partial charge >= 0.3 is 0 Å². The molecule has 0 bridgehead atoms. The lowest BCUT2D eigenvalue weighted by molar-refractivity contribution is 0.272. The van der Waals surface area contributed by atoms with Crippen molar-refractivity contribution in [2.24, 2.45) is 0 Å². The van der Waals surface area contributed by atoms with Crippen LogP contribution >= 0.6 is 0 Å². The fourth-order valence-electron chi connectivity index (χ4n) is 1.36. The predicted octanol–water partition coefficient (Wildman–Crippen LogP) is -0.205. The minimum Gasteiger partial charge on any atom is -0.395 e. The van der Waals surface area contributed by atoms with Crippen LogP contribution in [0.2, 0.25) is 0 Å². The van der Waals surface area contributed by atoms with Crippen molar-refractivity contribution in [3.05, 3.63) is 29.8 Å². The average Bonchev–Trinajstić information content (AvgIpc) is 2.31. The zero-order chi connectivity index (χ0) is 11.8. The Morgan fingerprint density at radius 1 is 1.06 bits per heavy atom. The van der Waals surface area contributed by atoms with Gasteiger partial charge in [-0.25, -0.2) is 16.0 Å². The molecule has 0 heterocycles. The Morgan fingerprint density at radius 2 is 1.62 bits per heavy atom. The van der Waals surface area contributed by atoms with Crippen LogP contribution in [0.4, 0.5) is 5.69 Å². The van der Waals surface area contributed by atoms with E-state index < -0.39 is 0 Å². The average molecular weight is 225 g/mol. The van der Waals surface area contributed by atoms with E-state index in [1.807, 2.05) is 31.2 Å². The third-order valence-electron chi connectivity index (χ3n) is 2.12. The number of hydrazine groups is 2. The molecule has 16 heavy (non-hydrogen) atoms. The van der Waals surface area contributed by atoms with Gasteiger partial charge in [-0.2, -0.15) is 0 Å². The maximum atomic E-state index is 8.79. The van der Waals surface area contributed by atoms with Crippen molar-refractivity contribution in [3.8, 4) is 0 Å². The lowest BCUT2D eigenvalue weighted by Gasteiger charge is -2.27. The molecule has 0 saturated carbocycles. The Morgan fingerprint density at radius 3 is 2.12 bits per heavy atom. The molecule has 0 aliphatic heterocycles. The summed E-state index contributed by atoms with van der Waals surface area (Å²) >= 11 is 0. The highest BCUT2D eigenvalue weighted by Gasteiger charge is 2.06. The molecule has 4 N–H and O–H groups in total. The molecule has 0 amide bonds. The van der Waals surface area contributed by atoms with Crippen LogP contribution < -0.4 is 16.0 Å². The van der Waals surface area contributed by atoms with Crippen molar-refractivity contribution < 1.29 is 10.2 Å². The van der Waals surface area contributed by atoms with E-state index in [0.717, 1.165) is 11.3 Å². The normalized spacial score (nSPS) is 10.4. The zero-order valence-corrected chi connectivity index (χ0v) is 9.48. The second kappa shape index (κ2) is 7.19. The van der Waals surface area contributed by atoms with Crippen molar-refractivity contribution in [2.45, 2.75) is 6.92 Å². The van der Waals surface area contributed by atoms with Crippen molar-refractivity contribution in [1.29, 1.82) is 0 Å². The van der Waals surface area contributed by atoms with Crippen LogP contribution in [0.15, 0.2) is 24.3 Å². The second-order valence-corrected chi connectivity index (χ2v) is 3.39. The van der Waals surface area contributed by atoms with Gasteiger partial charge in [-0.1, -0.05) is 18.2 Å². The van der Waals surface area contributed by atoms with Gasteiger partial charge in [0.05, 0.1) is 18.9 Å². The highest BCUT2D eigenvalue weighted by molar-refractivity contribution is 5.50. The predicted molar refractivity (Wildman–Crippen MR) is 63.8 cm³/mol. The van der Waals surface area contributed by atoms with E-state index in [-0.39, 0.29) is 13.2 Å². The lowest BCUT2D eigenvalue weighted by atomic mass is 10.2. The molecule has 90 valence electrons. The maximum absolute atomic E-state index is 8.79. The number of hydrogen-bond acceptors (Lipinski definition) is 5. The summed E-state index contributed by atoms with van der Waals surface area (Å²) in [6.45, 7) is 3.02. The van der Waals surface area contributed by atoms with Crippen LogP contribution in [0, 0.1) is 6.92 Å². The fraction of sp³-hybridized carbons (Fsp3) is 0.455. The first-order chi connectivity index (χ1) is 7.79. The van der Waals surface area contributed by atoms with Crippen molar-refractivity contribution in [1.82, 2.24) is 10.9 Å².